The summed E-state index contributed by atoms with van der Waals surface area (Å²) in [5, 5.41) is 4.26. The van der Waals surface area contributed by atoms with Crippen LogP contribution >= 0.6 is 0 Å². The Morgan fingerprint density at radius 2 is 1.92 bits per heavy atom. The Morgan fingerprint density at radius 3 is 2.59 bits per heavy atom. The van der Waals surface area contributed by atoms with Crippen molar-refractivity contribution in [1.29, 1.82) is 0 Å². The van der Waals surface area contributed by atoms with Gasteiger partial charge < -0.3 is 14.4 Å². The van der Waals surface area contributed by atoms with Gasteiger partial charge in [0.25, 0.3) is 0 Å². The Bertz CT molecular complexity index is 1340. The second-order valence-electron chi connectivity index (χ2n) is 10.3. The van der Waals surface area contributed by atoms with E-state index in [1.807, 2.05) is 58.8 Å². The number of amides is 1. The number of carbonyl (C=O) groups is 1. The summed E-state index contributed by atoms with van der Waals surface area (Å²) in [5.41, 5.74) is 4.20. The van der Waals surface area contributed by atoms with Crippen molar-refractivity contribution >= 4 is 22.5 Å². The molecule has 37 heavy (non-hydrogen) atoms. The van der Waals surface area contributed by atoms with Gasteiger partial charge in [-0.1, -0.05) is 6.08 Å². The summed E-state index contributed by atoms with van der Waals surface area (Å²) < 4.78 is 16.2. The van der Waals surface area contributed by atoms with Gasteiger partial charge in [0.2, 0.25) is 5.91 Å². The van der Waals surface area contributed by atoms with Crippen LogP contribution in [0.5, 0.6) is 5.75 Å². The van der Waals surface area contributed by atoms with Crippen LogP contribution < -0.4 is 10.4 Å². The van der Waals surface area contributed by atoms with E-state index < -0.39 is 0 Å². The Balaban J connectivity index is 1.19. The average Bonchev–Trinajstić information content (AvgIpc) is 3.46. The summed E-state index contributed by atoms with van der Waals surface area (Å²) in [5.74, 6) is 1.47. The molecule has 3 aromatic rings. The molecular formula is C28H37N5O4. The van der Waals surface area contributed by atoms with Crippen LogP contribution in [0.1, 0.15) is 37.7 Å². The molecule has 1 aliphatic carbocycles. The number of hydrogen-bond acceptors (Lipinski definition) is 5. The molecule has 1 aliphatic heterocycles. The van der Waals surface area contributed by atoms with E-state index in [0.29, 0.717) is 32.2 Å². The molecule has 0 bridgehead atoms. The lowest BCUT2D eigenvalue weighted by Gasteiger charge is -2.33. The topological polar surface area (TPSA) is 83.5 Å². The fourth-order valence-corrected chi connectivity index (χ4v) is 5.73. The smallest absolute Gasteiger partial charge is 0.328 e. The second kappa shape index (κ2) is 11.0. The fourth-order valence-electron chi connectivity index (χ4n) is 5.73. The molecule has 0 saturated heterocycles. The van der Waals surface area contributed by atoms with Crippen molar-refractivity contribution in [3.05, 3.63) is 52.7 Å². The van der Waals surface area contributed by atoms with Gasteiger partial charge in [0.15, 0.2) is 0 Å². The molecule has 2 aliphatic rings. The highest BCUT2D eigenvalue weighted by molar-refractivity contribution is 5.80. The Labute approximate surface area is 217 Å². The minimum absolute atomic E-state index is 0.00762. The molecule has 1 aromatic carbocycles. The fraction of sp³-hybridized carbons (Fsp3) is 0.536. The van der Waals surface area contributed by atoms with E-state index >= 15 is 0 Å². The van der Waals surface area contributed by atoms with Crippen LogP contribution in [0.15, 0.2) is 41.5 Å². The molecule has 0 atom stereocenters. The molecule has 9 heteroatoms. The highest BCUT2D eigenvalue weighted by Crippen LogP contribution is 2.33. The van der Waals surface area contributed by atoms with E-state index in [4.69, 9.17) is 9.47 Å². The zero-order valence-corrected chi connectivity index (χ0v) is 22.1. The number of imidazole rings is 1. The summed E-state index contributed by atoms with van der Waals surface area (Å²) in [7, 11) is 5.38. The zero-order chi connectivity index (χ0) is 25.9. The van der Waals surface area contributed by atoms with Gasteiger partial charge in [0.05, 0.1) is 23.8 Å². The first kappa shape index (κ1) is 25.3. The van der Waals surface area contributed by atoms with E-state index in [1.165, 1.54) is 5.57 Å². The van der Waals surface area contributed by atoms with Crippen molar-refractivity contribution < 1.29 is 14.3 Å². The number of aryl methyl sites for hydroxylation is 2. The average molecular weight is 508 g/mol. The lowest BCUT2D eigenvalue weighted by atomic mass is 9.81. The third-order valence-electron chi connectivity index (χ3n) is 7.91. The van der Waals surface area contributed by atoms with Crippen LogP contribution in [-0.2, 0) is 30.2 Å². The van der Waals surface area contributed by atoms with E-state index in [9.17, 15) is 9.59 Å². The Morgan fingerprint density at radius 1 is 1.11 bits per heavy atom. The molecule has 0 unspecified atom stereocenters. The maximum atomic E-state index is 13.2. The van der Waals surface area contributed by atoms with E-state index in [-0.39, 0.29) is 17.5 Å². The van der Waals surface area contributed by atoms with Gasteiger partial charge >= 0.3 is 5.69 Å². The lowest BCUT2D eigenvalue weighted by Crippen LogP contribution is -2.40. The minimum Gasteiger partial charge on any atom is -0.491 e. The number of carbonyl (C=O) groups excluding carboxylic acids is 1. The number of benzene rings is 1. The molecule has 9 nitrogen and oxygen atoms in total. The van der Waals surface area contributed by atoms with Crippen molar-refractivity contribution in [3.63, 3.8) is 0 Å². The van der Waals surface area contributed by atoms with Crippen molar-refractivity contribution in [3.8, 4) is 5.75 Å². The predicted molar refractivity (Wildman–Crippen MR) is 142 cm³/mol. The van der Waals surface area contributed by atoms with Gasteiger partial charge in [0, 0.05) is 64.6 Å². The van der Waals surface area contributed by atoms with Gasteiger partial charge in [-0.15, -0.1) is 0 Å². The molecule has 1 amide bonds. The SMILES string of the molecule is COCCOc1ccc2c(c1)n(CC1CCC(C(=O)N3CC=C(c4cnn(C)c4)CC3)CC1)c(=O)n2C. The minimum atomic E-state index is -0.00762. The first-order valence-corrected chi connectivity index (χ1v) is 13.2. The van der Waals surface area contributed by atoms with Gasteiger partial charge in [-0.25, -0.2) is 4.79 Å². The molecule has 198 valence electrons. The van der Waals surface area contributed by atoms with Crippen molar-refractivity contribution in [2.45, 2.75) is 38.6 Å². The number of methoxy groups -OCH3 is 1. The number of ether oxygens (including phenoxy) is 2. The largest absolute Gasteiger partial charge is 0.491 e. The van der Waals surface area contributed by atoms with Crippen LogP contribution in [0.25, 0.3) is 16.6 Å². The van der Waals surface area contributed by atoms with E-state index in [2.05, 4.69) is 11.2 Å². The van der Waals surface area contributed by atoms with Crippen molar-refractivity contribution in [2.75, 3.05) is 33.4 Å². The highest BCUT2D eigenvalue weighted by Gasteiger charge is 2.31. The molecule has 0 radical (unpaired) electrons. The van der Waals surface area contributed by atoms with E-state index in [0.717, 1.165) is 61.0 Å². The number of hydrogen-bond donors (Lipinski definition) is 0. The zero-order valence-electron chi connectivity index (χ0n) is 22.1. The number of rotatable bonds is 8. The third-order valence-corrected chi connectivity index (χ3v) is 7.91. The number of nitrogens with zero attached hydrogens (tertiary/aromatic N) is 5. The second-order valence-corrected chi connectivity index (χ2v) is 10.3. The van der Waals surface area contributed by atoms with Crippen LogP contribution in [0.2, 0.25) is 0 Å². The maximum absolute atomic E-state index is 13.2. The molecule has 3 heterocycles. The van der Waals surface area contributed by atoms with Crippen LogP contribution in [0, 0.1) is 11.8 Å². The molecule has 0 N–H and O–H groups in total. The highest BCUT2D eigenvalue weighted by atomic mass is 16.5. The van der Waals surface area contributed by atoms with Gasteiger partial charge in [-0.2, -0.15) is 5.10 Å². The summed E-state index contributed by atoms with van der Waals surface area (Å²) in [6.07, 6.45) is 10.6. The predicted octanol–water partition coefficient (Wildman–Crippen LogP) is 3.22. The van der Waals surface area contributed by atoms with Crippen LogP contribution in [-0.4, -0.2) is 63.1 Å². The molecular weight excluding hydrogens is 470 g/mol. The Hall–Kier alpha value is -3.33. The standard InChI is InChI=1S/C28H37N5O4/c1-30-19-23(17-29-30)21-10-12-32(13-11-21)27(34)22-6-4-20(5-7-22)18-33-26-16-24(37-15-14-36-3)8-9-25(26)31(2)28(33)35/h8-10,16-17,19-20,22H,4-7,11-15,18H2,1-3H3. The van der Waals surface area contributed by atoms with Gasteiger partial charge in [0.1, 0.15) is 12.4 Å². The van der Waals surface area contributed by atoms with Crippen molar-refractivity contribution in [2.24, 2.45) is 25.9 Å². The molecule has 1 fully saturated rings. The Kier molecular flexibility index (Phi) is 7.50. The van der Waals surface area contributed by atoms with Gasteiger partial charge in [-0.05, 0) is 55.7 Å². The normalized spacial score (nSPS) is 20.3. The van der Waals surface area contributed by atoms with Crippen LogP contribution in [0.4, 0.5) is 0 Å². The number of fused-ring (bicyclic) bond motifs is 1. The monoisotopic (exact) mass is 507 g/mol. The number of aromatic nitrogens is 4. The molecule has 1 saturated carbocycles. The lowest BCUT2D eigenvalue weighted by molar-refractivity contribution is -0.136. The summed E-state index contributed by atoms with van der Waals surface area (Å²) in [6, 6.07) is 5.79. The van der Waals surface area contributed by atoms with Gasteiger partial charge in [-0.3, -0.25) is 18.6 Å². The summed E-state index contributed by atoms with van der Waals surface area (Å²) in [6.45, 7) is 3.08. The first-order valence-electron chi connectivity index (χ1n) is 13.2. The maximum Gasteiger partial charge on any atom is 0.328 e. The summed E-state index contributed by atoms with van der Waals surface area (Å²) in [4.78, 5) is 28.3. The summed E-state index contributed by atoms with van der Waals surface area (Å²) >= 11 is 0. The van der Waals surface area contributed by atoms with Crippen molar-refractivity contribution in [1.82, 2.24) is 23.8 Å². The van der Waals surface area contributed by atoms with E-state index in [1.54, 1.807) is 11.7 Å². The molecule has 2 aromatic heterocycles. The molecule has 5 rings (SSSR count). The molecule has 0 spiro atoms. The quantitative estimate of drug-likeness (QED) is 0.437. The first-order chi connectivity index (χ1) is 17.9. The van der Waals surface area contributed by atoms with Crippen LogP contribution in [0.3, 0.4) is 0 Å². The third kappa shape index (κ3) is 5.37.